The maximum absolute atomic E-state index is 9.46. The number of aliphatic hydroxyl groups is 1. The first kappa shape index (κ1) is 14.6. The molecule has 18 heavy (non-hydrogen) atoms. The van der Waals surface area contributed by atoms with Crippen LogP contribution in [0.3, 0.4) is 0 Å². The van der Waals surface area contributed by atoms with Crippen LogP contribution in [0.25, 0.3) is 0 Å². The Bertz CT molecular complexity index is 242. The van der Waals surface area contributed by atoms with Crippen LogP contribution in [-0.2, 0) is 4.74 Å². The third-order valence-electron chi connectivity index (χ3n) is 4.60. The fraction of sp³-hybridized carbons (Fsp3) is 1.00. The maximum atomic E-state index is 9.46. The molecule has 2 aliphatic rings. The minimum Gasteiger partial charge on any atom is -0.395 e. The van der Waals surface area contributed by atoms with Gasteiger partial charge in [0.1, 0.15) is 0 Å². The molecule has 1 aliphatic carbocycles. The minimum atomic E-state index is 0.193. The molecule has 0 aromatic heterocycles. The van der Waals surface area contributed by atoms with Gasteiger partial charge < -0.3 is 9.84 Å². The molecule has 1 heterocycles. The molecule has 106 valence electrons. The molecular formula is C14H27NO2S. The lowest BCUT2D eigenvalue weighted by Gasteiger charge is -2.42. The Morgan fingerprint density at radius 3 is 2.56 bits per heavy atom. The first-order valence-electron chi connectivity index (χ1n) is 7.33. The van der Waals surface area contributed by atoms with E-state index in [1.54, 1.807) is 0 Å². The van der Waals surface area contributed by atoms with Crippen molar-refractivity contribution in [3.8, 4) is 0 Å². The Morgan fingerprint density at radius 2 is 1.94 bits per heavy atom. The van der Waals surface area contributed by atoms with Crippen LogP contribution in [0.1, 0.15) is 38.5 Å². The van der Waals surface area contributed by atoms with E-state index >= 15 is 0 Å². The van der Waals surface area contributed by atoms with Gasteiger partial charge in [0.05, 0.1) is 25.9 Å². The molecular weight excluding hydrogens is 246 g/mol. The third-order valence-corrected chi connectivity index (χ3v) is 5.27. The van der Waals surface area contributed by atoms with Crippen molar-refractivity contribution in [2.75, 3.05) is 38.7 Å². The van der Waals surface area contributed by atoms with E-state index in [0.29, 0.717) is 12.0 Å². The van der Waals surface area contributed by atoms with Crippen molar-refractivity contribution in [2.24, 2.45) is 5.41 Å². The van der Waals surface area contributed by atoms with Crippen LogP contribution < -0.4 is 0 Å². The molecule has 0 spiro atoms. The van der Waals surface area contributed by atoms with Crippen LogP contribution in [-0.4, -0.2) is 54.7 Å². The molecule has 1 aliphatic heterocycles. The first-order valence-corrected chi connectivity index (χ1v) is 7.96. The Kier molecular flexibility index (Phi) is 5.80. The summed E-state index contributed by atoms with van der Waals surface area (Å²) in [5, 5.41) is 9.46. The molecule has 0 bridgehead atoms. The highest BCUT2D eigenvalue weighted by Crippen LogP contribution is 2.37. The van der Waals surface area contributed by atoms with Gasteiger partial charge >= 0.3 is 0 Å². The van der Waals surface area contributed by atoms with Crippen LogP contribution in [0, 0.1) is 5.41 Å². The Hall–Kier alpha value is 0.230. The van der Waals surface area contributed by atoms with Gasteiger partial charge in [-0.1, -0.05) is 25.7 Å². The molecule has 1 unspecified atom stereocenters. The average molecular weight is 273 g/mol. The van der Waals surface area contributed by atoms with Crippen molar-refractivity contribution >= 4 is 12.6 Å². The van der Waals surface area contributed by atoms with Crippen molar-refractivity contribution in [1.29, 1.82) is 0 Å². The summed E-state index contributed by atoms with van der Waals surface area (Å²) in [7, 11) is 0. The van der Waals surface area contributed by atoms with Crippen LogP contribution in [0.2, 0.25) is 0 Å². The number of morpholine rings is 1. The average Bonchev–Trinajstić information content (AvgIpc) is 2.66. The summed E-state index contributed by atoms with van der Waals surface area (Å²) in [5.74, 6) is 0.975. The predicted octanol–water partition coefficient (Wildman–Crippen LogP) is 1.95. The van der Waals surface area contributed by atoms with E-state index in [0.717, 1.165) is 25.4 Å². The van der Waals surface area contributed by atoms with Gasteiger partial charge in [-0.15, -0.1) is 0 Å². The summed E-state index contributed by atoms with van der Waals surface area (Å²) in [5.41, 5.74) is 0.365. The number of thiol groups is 1. The van der Waals surface area contributed by atoms with E-state index in [1.807, 2.05) is 0 Å². The fourth-order valence-electron chi connectivity index (χ4n) is 3.34. The Labute approximate surface area is 116 Å². The molecule has 0 aromatic rings. The number of nitrogens with zero attached hydrogens (tertiary/aromatic N) is 1. The SMILES string of the molecule is OCC1COCCN1CC1(CS)CCCCCC1. The van der Waals surface area contributed by atoms with E-state index in [2.05, 4.69) is 17.5 Å². The van der Waals surface area contributed by atoms with Gasteiger partial charge in [-0.05, 0) is 24.0 Å². The van der Waals surface area contributed by atoms with Crippen molar-refractivity contribution in [3.05, 3.63) is 0 Å². The smallest absolute Gasteiger partial charge is 0.0644 e. The third kappa shape index (κ3) is 3.62. The van der Waals surface area contributed by atoms with E-state index < -0.39 is 0 Å². The lowest BCUT2D eigenvalue weighted by atomic mass is 9.81. The first-order chi connectivity index (χ1) is 8.79. The lowest BCUT2D eigenvalue weighted by Crippen LogP contribution is -2.52. The molecule has 1 atom stereocenters. The van der Waals surface area contributed by atoms with E-state index in [4.69, 9.17) is 4.74 Å². The molecule has 4 heteroatoms. The fourth-order valence-corrected chi connectivity index (χ4v) is 3.76. The van der Waals surface area contributed by atoms with Gasteiger partial charge in [0.2, 0.25) is 0 Å². The molecule has 1 saturated heterocycles. The normalized spacial score (nSPS) is 30.0. The zero-order valence-electron chi connectivity index (χ0n) is 11.3. The summed E-state index contributed by atoms with van der Waals surface area (Å²) in [4.78, 5) is 2.44. The molecule has 1 saturated carbocycles. The summed E-state index contributed by atoms with van der Waals surface area (Å²) >= 11 is 4.64. The van der Waals surface area contributed by atoms with E-state index in [-0.39, 0.29) is 12.6 Å². The van der Waals surface area contributed by atoms with Gasteiger partial charge in [0.15, 0.2) is 0 Å². The van der Waals surface area contributed by atoms with Crippen LogP contribution in [0.5, 0.6) is 0 Å². The second-order valence-corrected chi connectivity index (χ2v) is 6.27. The van der Waals surface area contributed by atoms with Gasteiger partial charge in [-0.25, -0.2) is 0 Å². The molecule has 0 radical (unpaired) electrons. The number of rotatable bonds is 4. The second kappa shape index (κ2) is 7.13. The maximum Gasteiger partial charge on any atom is 0.0644 e. The highest BCUT2D eigenvalue weighted by atomic mass is 32.1. The van der Waals surface area contributed by atoms with Crippen molar-refractivity contribution in [1.82, 2.24) is 4.90 Å². The summed E-state index contributed by atoms with van der Waals surface area (Å²) < 4.78 is 5.46. The zero-order valence-corrected chi connectivity index (χ0v) is 12.2. The van der Waals surface area contributed by atoms with Gasteiger partial charge in [-0.2, -0.15) is 12.6 Å². The van der Waals surface area contributed by atoms with Gasteiger partial charge in [0, 0.05) is 13.1 Å². The predicted molar refractivity (Wildman–Crippen MR) is 77.3 cm³/mol. The van der Waals surface area contributed by atoms with Gasteiger partial charge in [0.25, 0.3) is 0 Å². The molecule has 0 amide bonds. The lowest BCUT2D eigenvalue weighted by molar-refractivity contribution is -0.0438. The molecule has 2 rings (SSSR count). The number of hydrogen-bond acceptors (Lipinski definition) is 4. The minimum absolute atomic E-state index is 0.193. The number of aliphatic hydroxyl groups excluding tert-OH is 1. The molecule has 2 fully saturated rings. The topological polar surface area (TPSA) is 32.7 Å². The zero-order chi connectivity index (χ0) is 12.8. The van der Waals surface area contributed by atoms with Crippen molar-refractivity contribution < 1.29 is 9.84 Å². The van der Waals surface area contributed by atoms with Crippen LogP contribution in [0.4, 0.5) is 0 Å². The molecule has 0 aromatic carbocycles. The van der Waals surface area contributed by atoms with E-state index in [9.17, 15) is 5.11 Å². The standard InChI is InChI=1S/C14H27NO2S/c16-9-13-10-17-8-7-15(13)11-14(12-18)5-3-1-2-4-6-14/h13,16,18H,1-12H2. The second-order valence-electron chi connectivity index (χ2n) is 5.95. The number of hydrogen-bond donors (Lipinski definition) is 2. The van der Waals surface area contributed by atoms with Crippen molar-refractivity contribution in [3.63, 3.8) is 0 Å². The molecule has 3 nitrogen and oxygen atoms in total. The summed E-state index contributed by atoms with van der Waals surface area (Å²) in [6.45, 7) is 3.74. The quantitative estimate of drug-likeness (QED) is 0.607. The van der Waals surface area contributed by atoms with Crippen LogP contribution >= 0.6 is 12.6 Å². The molecule has 1 N–H and O–H groups in total. The van der Waals surface area contributed by atoms with Gasteiger partial charge in [-0.3, -0.25) is 4.90 Å². The Balaban J connectivity index is 1.98. The van der Waals surface area contributed by atoms with Crippen molar-refractivity contribution in [2.45, 2.75) is 44.6 Å². The monoisotopic (exact) mass is 273 g/mol. The van der Waals surface area contributed by atoms with Crippen LogP contribution in [0.15, 0.2) is 0 Å². The van der Waals surface area contributed by atoms with E-state index in [1.165, 1.54) is 38.5 Å². The number of ether oxygens (including phenoxy) is 1. The summed E-state index contributed by atoms with van der Waals surface area (Å²) in [6.07, 6.45) is 8.03. The Morgan fingerprint density at radius 1 is 1.22 bits per heavy atom. The highest BCUT2D eigenvalue weighted by Gasteiger charge is 2.34. The largest absolute Gasteiger partial charge is 0.395 e. The summed E-state index contributed by atoms with van der Waals surface area (Å²) in [6, 6.07) is 0.193. The highest BCUT2D eigenvalue weighted by molar-refractivity contribution is 7.80.